The van der Waals surface area contributed by atoms with E-state index in [0.29, 0.717) is 5.69 Å². The molecule has 0 atom stereocenters. The SMILES string of the molecule is CC(C)(C)OC(=O)Nc1ccc(C[B-](F)(F)F)cc1. The van der Waals surface area contributed by atoms with Gasteiger partial charge in [0.05, 0.1) is 0 Å². The summed E-state index contributed by atoms with van der Waals surface area (Å²) >= 11 is 0. The van der Waals surface area contributed by atoms with Crippen molar-refractivity contribution in [1.82, 2.24) is 0 Å². The van der Waals surface area contributed by atoms with Gasteiger partial charge >= 0.3 is 13.1 Å². The molecule has 0 saturated carbocycles. The van der Waals surface area contributed by atoms with Crippen LogP contribution in [0.5, 0.6) is 0 Å². The van der Waals surface area contributed by atoms with Crippen LogP contribution in [0.1, 0.15) is 26.3 Å². The summed E-state index contributed by atoms with van der Waals surface area (Å²) in [6, 6.07) is 5.51. The zero-order valence-electron chi connectivity index (χ0n) is 11.0. The van der Waals surface area contributed by atoms with Gasteiger partial charge in [0, 0.05) is 5.69 Å². The zero-order valence-corrected chi connectivity index (χ0v) is 11.0. The molecule has 106 valence electrons. The van der Waals surface area contributed by atoms with Gasteiger partial charge in [-0.3, -0.25) is 5.32 Å². The van der Waals surface area contributed by atoms with E-state index in [1.54, 1.807) is 20.8 Å². The maximum atomic E-state index is 12.2. The van der Waals surface area contributed by atoms with Crippen molar-refractivity contribution in [1.29, 1.82) is 0 Å². The van der Waals surface area contributed by atoms with Gasteiger partial charge in [-0.15, -0.1) is 0 Å². The first kappa shape index (κ1) is 15.4. The summed E-state index contributed by atoms with van der Waals surface area (Å²) in [5.74, 6) is 0. The minimum atomic E-state index is -4.85. The Labute approximate surface area is 110 Å². The molecule has 1 N–H and O–H groups in total. The van der Waals surface area contributed by atoms with Crippen molar-refractivity contribution in [3.8, 4) is 0 Å². The molecule has 1 aromatic rings. The van der Waals surface area contributed by atoms with Crippen LogP contribution in [0.3, 0.4) is 0 Å². The van der Waals surface area contributed by atoms with Gasteiger partial charge in [-0.25, -0.2) is 4.79 Å². The Morgan fingerprint density at radius 2 is 1.74 bits per heavy atom. The van der Waals surface area contributed by atoms with Gasteiger partial charge in [-0.05, 0) is 32.9 Å². The zero-order chi connectivity index (χ0) is 14.7. The number of ether oxygens (including phenoxy) is 1. The van der Waals surface area contributed by atoms with E-state index in [1.807, 2.05) is 0 Å². The fourth-order valence-electron chi connectivity index (χ4n) is 1.41. The molecule has 19 heavy (non-hydrogen) atoms. The Balaban J connectivity index is 2.60. The van der Waals surface area contributed by atoms with E-state index in [0.717, 1.165) is 0 Å². The molecule has 0 saturated heterocycles. The predicted molar refractivity (Wildman–Crippen MR) is 69.1 cm³/mol. The van der Waals surface area contributed by atoms with E-state index in [2.05, 4.69) is 5.32 Å². The number of hydrogen-bond donors (Lipinski definition) is 1. The number of amides is 1. The molecule has 0 bridgehead atoms. The van der Waals surface area contributed by atoms with Gasteiger partial charge in [-0.1, -0.05) is 24.0 Å². The Kier molecular flexibility index (Phi) is 4.50. The van der Waals surface area contributed by atoms with E-state index >= 15 is 0 Å². The Morgan fingerprint density at radius 3 is 2.16 bits per heavy atom. The number of nitrogens with one attached hydrogen (secondary N) is 1. The van der Waals surface area contributed by atoms with Gasteiger partial charge in [0.2, 0.25) is 0 Å². The van der Waals surface area contributed by atoms with Gasteiger partial charge in [0.1, 0.15) is 5.60 Å². The molecule has 0 aliphatic carbocycles. The van der Waals surface area contributed by atoms with Crippen LogP contribution < -0.4 is 5.32 Å². The number of hydrogen-bond acceptors (Lipinski definition) is 2. The molecule has 0 fully saturated rings. The van der Waals surface area contributed by atoms with E-state index in [1.165, 1.54) is 24.3 Å². The molecule has 3 nitrogen and oxygen atoms in total. The van der Waals surface area contributed by atoms with Crippen molar-refractivity contribution in [2.45, 2.75) is 32.7 Å². The maximum Gasteiger partial charge on any atom is 0.482 e. The third-order valence-electron chi connectivity index (χ3n) is 2.07. The highest BCUT2D eigenvalue weighted by Gasteiger charge is 2.23. The van der Waals surface area contributed by atoms with Crippen molar-refractivity contribution in [2.24, 2.45) is 0 Å². The van der Waals surface area contributed by atoms with Crippen molar-refractivity contribution in [2.75, 3.05) is 5.32 Å². The van der Waals surface area contributed by atoms with Gasteiger partial charge < -0.3 is 17.7 Å². The Hall–Kier alpha value is -1.66. The molecule has 0 spiro atoms. The molecule has 1 amide bonds. The van der Waals surface area contributed by atoms with Gasteiger partial charge in [-0.2, -0.15) is 0 Å². The fourth-order valence-corrected chi connectivity index (χ4v) is 1.41. The number of rotatable bonds is 3. The first-order chi connectivity index (χ1) is 8.55. The molecule has 0 heterocycles. The largest absolute Gasteiger partial charge is 0.482 e. The minimum absolute atomic E-state index is 0.169. The van der Waals surface area contributed by atoms with Gasteiger partial charge in [0.15, 0.2) is 0 Å². The topological polar surface area (TPSA) is 38.3 Å². The third-order valence-corrected chi connectivity index (χ3v) is 2.07. The summed E-state index contributed by atoms with van der Waals surface area (Å²) < 4.78 is 41.7. The second kappa shape index (κ2) is 5.55. The lowest BCUT2D eigenvalue weighted by Gasteiger charge is -2.20. The molecule has 0 unspecified atom stereocenters. The molecule has 0 aromatic heterocycles. The van der Waals surface area contributed by atoms with Crippen LogP contribution in [0.15, 0.2) is 24.3 Å². The maximum absolute atomic E-state index is 12.2. The number of anilines is 1. The summed E-state index contributed by atoms with van der Waals surface area (Å²) in [5.41, 5.74) is -0.0575. The Morgan fingerprint density at radius 1 is 1.21 bits per heavy atom. The smallest absolute Gasteiger partial charge is 0.449 e. The van der Waals surface area contributed by atoms with E-state index in [9.17, 15) is 17.7 Å². The van der Waals surface area contributed by atoms with Crippen LogP contribution in [0.4, 0.5) is 23.4 Å². The number of carbonyl (C=O) groups is 1. The highest BCUT2D eigenvalue weighted by molar-refractivity contribution is 6.57. The molecule has 0 aliphatic heterocycles. The lowest BCUT2D eigenvalue weighted by atomic mass is 9.82. The summed E-state index contributed by atoms with van der Waals surface area (Å²) in [6.07, 6.45) is -1.56. The third kappa shape index (κ3) is 6.74. The quantitative estimate of drug-likeness (QED) is 0.847. The lowest BCUT2D eigenvalue weighted by Crippen LogP contribution is -2.27. The summed E-state index contributed by atoms with van der Waals surface area (Å²) in [5, 5.41) is 2.45. The molecular weight excluding hydrogens is 258 g/mol. The fraction of sp³-hybridized carbons (Fsp3) is 0.417. The van der Waals surface area contributed by atoms with Crippen LogP contribution in [0.2, 0.25) is 0 Å². The van der Waals surface area contributed by atoms with E-state index in [4.69, 9.17) is 4.74 Å². The van der Waals surface area contributed by atoms with Crippen molar-refractivity contribution >= 4 is 18.8 Å². The van der Waals surface area contributed by atoms with E-state index in [-0.39, 0.29) is 5.56 Å². The molecule has 1 rings (SSSR count). The molecule has 0 aliphatic rings. The lowest BCUT2D eigenvalue weighted by molar-refractivity contribution is 0.0636. The summed E-state index contributed by atoms with van der Waals surface area (Å²) in [6.45, 7) is 0.324. The van der Waals surface area contributed by atoms with E-state index < -0.39 is 25.0 Å². The normalized spacial score (nSPS) is 12.1. The average Bonchev–Trinajstić information content (AvgIpc) is 2.15. The standard InChI is InChI=1S/C12H16BF3NO2/c1-12(2,3)19-11(18)17-10-6-4-9(5-7-10)8-13(14,15)16/h4-7H,8H2,1-3H3,(H,17,18)/q-1. The highest BCUT2D eigenvalue weighted by atomic mass is 19.4. The second-order valence-corrected chi connectivity index (χ2v) is 5.24. The molecule has 1 aromatic carbocycles. The monoisotopic (exact) mass is 274 g/mol. The Bertz CT molecular complexity index is 438. The summed E-state index contributed by atoms with van der Waals surface area (Å²) in [4.78, 5) is 11.4. The highest BCUT2D eigenvalue weighted by Crippen LogP contribution is 2.18. The van der Waals surface area contributed by atoms with Crippen molar-refractivity contribution < 1.29 is 22.5 Å². The first-order valence-corrected chi connectivity index (χ1v) is 5.85. The number of halogens is 3. The molecule has 0 radical (unpaired) electrons. The van der Waals surface area contributed by atoms with Crippen LogP contribution in [-0.4, -0.2) is 18.7 Å². The van der Waals surface area contributed by atoms with Crippen LogP contribution in [-0.2, 0) is 11.1 Å². The minimum Gasteiger partial charge on any atom is -0.449 e. The van der Waals surface area contributed by atoms with Crippen molar-refractivity contribution in [3.63, 3.8) is 0 Å². The van der Waals surface area contributed by atoms with Crippen LogP contribution in [0, 0.1) is 0 Å². The van der Waals surface area contributed by atoms with Crippen LogP contribution in [0.25, 0.3) is 0 Å². The number of benzene rings is 1. The second-order valence-electron chi connectivity index (χ2n) is 5.24. The average molecular weight is 274 g/mol. The van der Waals surface area contributed by atoms with Gasteiger partial charge in [0.25, 0.3) is 0 Å². The number of carbonyl (C=O) groups excluding carboxylic acids is 1. The van der Waals surface area contributed by atoms with Crippen molar-refractivity contribution in [3.05, 3.63) is 29.8 Å². The summed E-state index contributed by atoms with van der Waals surface area (Å²) in [7, 11) is 0. The first-order valence-electron chi connectivity index (χ1n) is 5.85. The molecule has 7 heteroatoms. The van der Waals surface area contributed by atoms with Crippen LogP contribution >= 0.6 is 0 Å². The predicted octanol–water partition coefficient (Wildman–Crippen LogP) is 3.96. The molecular formula is C12H16BF3NO2-.